The van der Waals surface area contributed by atoms with Crippen LogP contribution in [0.1, 0.15) is 21.8 Å². The molecule has 2 N–H and O–H groups in total. The zero-order valence-corrected chi connectivity index (χ0v) is 19.6. The highest BCUT2D eigenvalue weighted by Crippen LogP contribution is 2.32. The van der Waals surface area contributed by atoms with Gasteiger partial charge in [-0.25, -0.2) is 13.4 Å². The van der Waals surface area contributed by atoms with Crippen LogP contribution in [0.5, 0.6) is 11.5 Å². The van der Waals surface area contributed by atoms with Crippen LogP contribution >= 0.6 is 11.3 Å². The predicted octanol–water partition coefficient (Wildman–Crippen LogP) is 4.19. The van der Waals surface area contributed by atoms with E-state index in [4.69, 9.17) is 9.47 Å². The van der Waals surface area contributed by atoms with E-state index in [0.29, 0.717) is 42.5 Å². The maximum Gasteiger partial charge on any atom is 0.262 e. The van der Waals surface area contributed by atoms with Crippen molar-refractivity contribution in [2.24, 2.45) is 0 Å². The second kappa shape index (κ2) is 9.32. The largest absolute Gasteiger partial charge is 0.490 e. The highest BCUT2D eigenvalue weighted by molar-refractivity contribution is 7.92. The third kappa shape index (κ3) is 4.82. The standard InChI is InChI=1S/C24H21N3O5S2/c28-24(25-15-23-26-19-4-1-2-5-22(19)33-23)16-6-8-17(9-7-16)27-34(29,30)18-10-11-20-21(14-18)32-13-3-12-31-20/h1-2,4-11,14,27H,3,12-13,15H2,(H,25,28). The number of carbonyl (C=O) groups is 1. The van der Waals surface area contributed by atoms with E-state index in [1.807, 2.05) is 24.3 Å². The van der Waals surface area contributed by atoms with Crippen LogP contribution in [0.15, 0.2) is 71.6 Å². The van der Waals surface area contributed by atoms with Crippen molar-refractivity contribution < 1.29 is 22.7 Å². The van der Waals surface area contributed by atoms with Crippen molar-refractivity contribution in [2.75, 3.05) is 17.9 Å². The predicted molar refractivity (Wildman–Crippen MR) is 130 cm³/mol. The summed E-state index contributed by atoms with van der Waals surface area (Å²) in [5, 5.41) is 3.66. The van der Waals surface area contributed by atoms with E-state index in [1.54, 1.807) is 30.3 Å². The Hall–Kier alpha value is -3.63. The Kier molecular flexibility index (Phi) is 6.08. The molecule has 174 valence electrons. The smallest absolute Gasteiger partial charge is 0.262 e. The van der Waals surface area contributed by atoms with Crippen molar-refractivity contribution in [1.29, 1.82) is 0 Å². The lowest BCUT2D eigenvalue weighted by atomic mass is 10.2. The number of aromatic nitrogens is 1. The number of carbonyl (C=O) groups excluding carboxylic acids is 1. The average molecular weight is 496 g/mol. The minimum Gasteiger partial charge on any atom is -0.490 e. The number of amides is 1. The van der Waals surface area contributed by atoms with Gasteiger partial charge >= 0.3 is 0 Å². The summed E-state index contributed by atoms with van der Waals surface area (Å²) in [6.45, 7) is 1.31. The number of thiazole rings is 1. The maximum absolute atomic E-state index is 12.8. The Labute approximate surface area is 200 Å². The van der Waals surface area contributed by atoms with Crippen molar-refractivity contribution in [3.05, 3.63) is 77.3 Å². The SMILES string of the molecule is O=C(NCc1nc2ccccc2s1)c1ccc(NS(=O)(=O)c2ccc3c(c2)OCCCO3)cc1. The molecule has 0 saturated heterocycles. The fraction of sp³-hybridized carbons (Fsp3) is 0.167. The van der Waals surface area contributed by atoms with E-state index in [2.05, 4.69) is 15.0 Å². The van der Waals surface area contributed by atoms with Crippen molar-refractivity contribution in [1.82, 2.24) is 10.3 Å². The number of nitrogens with one attached hydrogen (secondary N) is 2. The van der Waals surface area contributed by atoms with Gasteiger partial charge in [0.2, 0.25) is 0 Å². The number of hydrogen-bond donors (Lipinski definition) is 2. The van der Waals surface area contributed by atoms with Crippen LogP contribution in [0, 0.1) is 0 Å². The van der Waals surface area contributed by atoms with Gasteiger partial charge in [0, 0.05) is 23.7 Å². The summed E-state index contributed by atoms with van der Waals surface area (Å²) in [5.74, 6) is 0.662. The number of benzene rings is 3. The lowest BCUT2D eigenvalue weighted by molar-refractivity contribution is 0.0951. The van der Waals surface area contributed by atoms with Gasteiger partial charge in [0.15, 0.2) is 11.5 Å². The minimum atomic E-state index is -3.84. The number of fused-ring (bicyclic) bond motifs is 2. The van der Waals surface area contributed by atoms with Gasteiger partial charge < -0.3 is 14.8 Å². The van der Waals surface area contributed by atoms with E-state index < -0.39 is 10.0 Å². The van der Waals surface area contributed by atoms with Crippen LogP contribution in [0.3, 0.4) is 0 Å². The molecule has 1 aliphatic heterocycles. The molecular formula is C24H21N3O5S2. The first-order valence-electron chi connectivity index (χ1n) is 10.6. The number of ether oxygens (including phenoxy) is 2. The fourth-order valence-corrected chi connectivity index (χ4v) is 5.45. The summed E-state index contributed by atoms with van der Waals surface area (Å²) < 4.78 is 40.4. The van der Waals surface area contributed by atoms with E-state index >= 15 is 0 Å². The number of hydrogen-bond acceptors (Lipinski definition) is 7. The third-order valence-corrected chi connectivity index (χ3v) is 7.58. The first-order valence-corrected chi connectivity index (χ1v) is 12.9. The molecule has 1 aromatic heterocycles. The Morgan fingerprint density at radius 3 is 2.53 bits per heavy atom. The summed E-state index contributed by atoms with van der Waals surface area (Å²) in [6.07, 6.45) is 0.732. The highest BCUT2D eigenvalue weighted by atomic mass is 32.2. The summed E-state index contributed by atoms with van der Waals surface area (Å²) in [5.41, 5.74) is 1.66. The Balaban J connectivity index is 1.23. The van der Waals surface area contributed by atoms with E-state index in [-0.39, 0.29) is 10.8 Å². The number of sulfonamides is 1. The van der Waals surface area contributed by atoms with E-state index in [9.17, 15) is 13.2 Å². The molecule has 0 fully saturated rings. The molecular weight excluding hydrogens is 474 g/mol. The third-order valence-electron chi connectivity index (χ3n) is 5.17. The zero-order valence-electron chi connectivity index (χ0n) is 18.0. The molecule has 0 aliphatic carbocycles. The Bertz CT molecular complexity index is 1420. The second-order valence-electron chi connectivity index (χ2n) is 7.60. The molecule has 10 heteroatoms. The minimum absolute atomic E-state index is 0.0643. The van der Waals surface area contributed by atoms with Crippen molar-refractivity contribution in [3.8, 4) is 11.5 Å². The summed E-state index contributed by atoms with van der Waals surface area (Å²) in [4.78, 5) is 17.1. The lowest BCUT2D eigenvalue weighted by Crippen LogP contribution is -2.22. The molecule has 8 nitrogen and oxygen atoms in total. The van der Waals surface area contributed by atoms with Crippen LogP contribution in [0.25, 0.3) is 10.2 Å². The quantitative estimate of drug-likeness (QED) is 0.416. The van der Waals surface area contributed by atoms with Crippen molar-refractivity contribution in [2.45, 2.75) is 17.9 Å². The van der Waals surface area contributed by atoms with Gasteiger partial charge in [-0.05, 0) is 48.5 Å². The molecule has 0 atom stereocenters. The molecule has 0 saturated carbocycles. The molecule has 1 amide bonds. The van der Waals surface area contributed by atoms with Gasteiger partial charge in [-0.2, -0.15) is 0 Å². The van der Waals surface area contributed by atoms with Gasteiger partial charge in [-0.3, -0.25) is 9.52 Å². The molecule has 1 aliphatic rings. The number of anilines is 1. The van der Waals surface area contributed by atoms with Gasteiger partial charge in [-0.15, -0.1) is 11.3 Å². The Morgan fingerprint density at radius 1 is 0.971 bits per heavy atom. The van der Waals surface area contributed by atoms with Crippen molar-refractivity contribution in [3.63, 3.8) is 0 Å². The van der Waals surface area contributed by atoms with Gasteiger partial charge in [0.05, 0.1) is 34.9 Å². The molecule has 5 rings (SSSR count). The molecule has 2 heterocycles. The van der Waals surface area contributed by atoms with E-state index in [0.717, 1.165) is 21.6 Å². The first kappa shape index (κ1) is 22.2. The Morgan fingerprint density at radius 2 is 1.74 bits per heavy atom. The number of rotatable bonds is 6. The van der Waals surface area contributed by atoms with Gasteiger partial charge in [0.1, 0.15) is 5.01 Å². The van der Waals surface area contributed by atoms with Crippen LogP contribution in [0.4, 0.5) is 5.69 Å². The van der Waals surface area contributed by atoms with Crippen molar-refractivity contribution >= 4 is 43.2 Å². The highest BCUT2D eigenvalue weighted by Gasteiger charge is 2.19. The number of para-hydroxylation sites is 1. The topological polar surface area (TPSA) is 107 Å². The maximum atomic E-state index is 12.8. The molecule has 0 radical (unpaired) electrons. The summed E-state index contributed by atoms with van der Waals surface area (Å²) in [6, 6.07) is 18.6. The average Bonchev–Trinajstić information content (AvgIpc) is 3.11. The van der Waals surface area contributed by atoms with Gasteiger partial charge in [0.25, 0.3) is 15.9 Å². The zero-order chi connectivity index (χ0) is 23.5. The molecule has 4 aromatic rings. The number of nitrogens with zero attached hydrogens (tertiary/aromatic N) is 1. The molecule has 34 heavy (non-hydrogen) atoms. The van der Waals surface area contributed by atoms with Crippen LogP contribution in [-0.2, 0) is 16.6 Å². The molecule has 0 unspecified atom stereocenters. The molecule has 0 bridgehead atoms. The second-order valence-corrected chi connectivity index (χ2v) is 10.4. The molecule has 0 spiro atoms. The van der Waals surface area contributed by atoms with Crippen LogP contribution in [-0.4, -0.2) is 32.5 Å². The lowest BCUT2D eigenvalue weighted by Gasteiger charge is -2.12. The summed E-state index contributed by atoms with van der Waals surface area (Å²) in [7, 11) is -3.84. The first-order chi connectivity index (χ1) is 16.5. The monoisotopic (exact) mass is 495 g/mol. The molecule has 3 aromatic carbocycles. The van der Waals surface area contributed by atoms with Gasteiger partial charge in [-0.1, -0.05) is 12.1 Å². The normalized spacial score (nSPS) is 13.3. The van der Waals surface area contributed by atoms with Crippen LogP contribution < -0.4 is 19.5 Å². The van der Waals surface area contributed by atoms with Crippen LogP contribution in [0.2, 0.25) is 0 Å². The fourth-order valence-electron chi connectivity index (χ4n) is 3.47. The summed E-state index contributed by atoms with van der Waals surface area (Å²) >= 11 is 1.53. The van der Waals surface area contributed by atoms with E-state index in [1.165, 1.54) is 23.5 Å².